The van der Waals surface area contributed by atoms with Crippen LogP contribution in [-0.2, 0) is 0 Å². The van der Waals surface area contributed by atoms with Crippen LogP contribution < -0.4 is 9.64 Å². The minimum Gasteiger partial charge on any atom is -0.455 e. The van der Waals surface area contributed by atoms with Crippen LogP contribution in [0.2, 0.25) is 0 Å². The number of aryl methyl sites for hydroxylation is 1. The molecule has 0 bridgehead atoms. The van der Waals surface area contributed by atoms with Gasteiger partial charge in [-0.15, -0.1) is 0 Å². The summed E-state index contributed by atoms with van der Waals surface area (Å²) in [5, 5.41) is 0.993. The monoisotopic (exact) mass is 552 g/mol. The number of anilines is 1. The lowest BCUT2D eigenvalue weighted by molar-refractivity contribution is -0.0228. The predicted molar refractivity (Wildman–Crippen MR) is 163 cm³/mol. The van der Waals surface area contributed by atoms with E-state index in [0.717, 1.165) is 42.5 Å². The zero-order valence-corrected chi connectivity index (χ0v) is 24.5. The third kappa shape index (κ3) is 4.90. The summed E-state index contributed by atoms with van der Waals surface area (Å²) in [4.78, 5) is 12.6. The molecule has 2 aromatic heterocycles. The van der Waals surface area contributed by atoms with Crippen molar-refractivity contribution in [3.05, 3.63) is 83.4 Å². The molecule has 3 aliphatic rings. The first-order valence-corrected chi connectivity index (χ1v) is 15.4. The van der Waals surface area contributed by atoms with Gasteiger partial charge in [0.1, 0.15) is 23.0 Å². The topological polar surface area (TPSA) is 44.4 Å². The molecule has 4 aromatic rings. The first-order chi connectivity index (χ1) is 19.9. The minimum absolute atomic E-state index is 0.166. The van der Waals surface area contributed by atoms with Gasteiger partial charge in [-0.2, -0.15) is 0 Å². The molecule has 3 fully saturated rings. The van der Waals surface area contributed by atoms with Crippen molar-refractivity contribution in [3.63, 3.8) is 0 Å². The first-order valence-electron chi connectivity index (χ1n) is 15.4. The number of aromatic amines is 1. The number of hydrogen-bond acceptors (Lipinski definition) is 4. The third-order valence-corrected chi connectivity index (χ3v) is 10.1. The molecule has 1 spiro atoms. The summed E-state index contributed by atoms with van der Waals surface area (Å²) in [6.45, 7) is 9.53. The minimum atomic E-state index is -0.166. The van der Waals surface area contributed by atoms with E-state index in [1.54, 1.807) is 17.8 Å². The van der Waals surface area contributed by atoms with E-state index in [1.807, 2.05) is 31.3 Å². The van der Waals surface area contributed by atoms with Gasteiger partial charge in [-0.25, -0.2) is 9.37 Å². The number of halogens is 1. The fourth-order valence-electron chi connectivity index (χ4n) is 7.80. The molecule has 1 aliphatic carbocycles. The maximum Gasteiger partial charge on any atom is 0.147 e. The van der Waals surface area contributed by atoms with E-state index in [-0.39, 0.29) is 5.82 Å². The number of nitrogens with one attached hydrogen (secondary N) is 1. The maximum absolute atomic E-state index is 15.2. The Morgan fingerprint density at radius 3 is 2.66 bits per heavy atom. The zero-order chi connectivity index (χ0) is 28.1. The van der Waals surface area contributed by atoms with Crippen molar-refractivity contribution in [2.24, 2.45) is 5.41 Å². The molecule has 41 heavy (non-hydrogen) atoms. The summed E-state index contributed by atoms with van der Waals surface area (Å²) in [6, 6.07) is 17.8. The van der Waals surface area contributed by atoms with Crippen LogP contribution in [0, 0.1) is 18.2 Å². The Morgan fingerprint density at radius 1 is 1.05 bits per heavy atom. The van der Waals surface area contributed by atoms with Crippen molar-refractivity contribution in [2.75, 3.05) is 24.5 Å². The van der Waals surface area contributed by atoms with Crippen LogP contribution in [0.15, 0.2) is 60.9 Å². The number of H-pyrrole nitrogens is 1. The number of fused-ring (bicyclic) bond motifs is 1. The highest BCUT2D eigenvalue weighted by Crippen LogP contribution is 2.54. The Kier molecular flexibility index (Phi) is 6.77. The molecule has 1 N–H and O–H groups in total. The second-order valence-corrected chi connectivity index (χ2v) is 13.0. The number of rotatable bonds is 6. The van der Waals surface area contributed by atoms with Crippen molar-refractivity contribution in [1.29, 1.82) is 0 Å². The lowest BCUT2D eigenvalue weighted by Gasteiger charge is -2.56. The van der Waals surface area contributed by atoms with Crippen molar-refractivity contribution >= 4 is 16.7 Å². The van der Waals surface area contributed by atoms with Gasteiger partial charge in [0, 0.05) is 42.8 Å². The number of nitrogens with zero attached hydrogens (tertiary/aromatic N) is 3. The van der Waals surface area contributed by atoms with Crippen LogP contribution in [0.25, 0.3) is 11.0 Å². The number of ether oxygens (including phenoxy) is 1. The van der Waals surface area contributed by atoms with E-state index >= 15 is 4.39 Å². The fraction of sp³-hybridized carbons (Fsp3) is 0.457. The highest BCUT2D eigenvalue weighted by atomic mass is 19.1. The van der Waals surface area contributed by atoms with Gasteiger partial charge in [-0.05, 0) is 98.2 Å². The van der Waals surface area contributed by atoms with E-state index in [9.17, 15) is 0 Å². The number of aromatic nitrogens is 2. The van der Waals surface area contributed by atoms with Gasteiger partial charge in [0.05, 0.1) is 11.9 Å². The maximum atomic E-state index is 15.2. The number of benzene rings is 2. The average Bonchev–Trinajstić information content (AvgIpc) is 3.63. The molecule has 2 saturated heterocycles. The van der Waals surface area contributed by atoms with E-state index in [2.05, 4.69) is 57.9 Å². The van der Waals surface area contributed by atoms with Crippen molar-refractivity contribution < 1.29 is 9.13 Å². The van der Waals surface area contributed by atoms with E-state index in [0.29, 0.717) is 40.6 Å². The van der Waals surface area contributed by atoms with Crippen LogP contribution in [-0.4, -0.2) is 40.5 Å². The molecule has 5 nitrogen and oxygen atoms in total. The second kappa shape index (κ2) is 10.5. The lowest BCUT2D eigenvalue weighted by Crippen LogP contribution is -2.55. The number of piperidine rings is 1. The second-order valence-electron chi connectivity index (χ2n) is 13.0. The average molecular weight is 553 g/mol. The van der Waals surface area contributed by atoms with Crippen molar-refractivity contribution in [3.8, 4) is 11.5 Å². The molecule has 0 amide bonds. The van der Waals surface area contributed by atoms with Gasteiger partial charge in [-0.3, -0.25) is 4.90 Å². The molecule has 0 radical (unpaired) electrons. The Balaban J connectivity index is 1.01. The van der Waals surface area contributed by atoms with Crippen LogP contribution >= 0.6 is 0 Å². The van der Waals surface area contributed by atoms with Crippen LogP contribution in [0.3, 0.4) is 0 Å². The largest absolute Gasteiger partial charge is 0.455 e. The Bertz CT molecular complexity index is 1550. The highest BCUT2D eigenvalue weighted by Gasteiger charge is 2.50. The molecule has 4 heterocycles. The summed E-state index contributed by atoms with van der Waals surface area (Å²) < 4.78 is 21.5. The molecule has 1 atom stereocenters. The van der Waals surface area contributed by atoms with E-state index in [4.69, 9.17) is 4.74 Å². The molecule has 1 saturated carbocycles. The molecular weight excluding hydrogens is 511 g/mol. The smallest absolute Gasteiger partial charge is 0.147 e. The quantitative estimate of drug-likeness (QED) is 0.260. The van der Waals surface area contributed by atoms with Gasteiger partial charge < -0.3 is 14.6 Å². The first kappa shape index (κ1) is 26.5. The predicted octanol–water partition coefficient (Wildman–Crippen LogP) is 8.51. The highest BCUT2D eigenvalue weighted by molar-refractivity contribution is 5.76. The Morgan fingerprint density at radius 2 is 1.85 bits per heavy atom. The summed E-state index contributed by atoms with van der Waals surface area (Å²) >= 11 is 0. The standard InChI is InChI=1S/C35H41FN4O/c1-23(2)28-7-4-5-8-29(28)31-9-6-14-40(31)26-20-35(21-26)11-15-39(16-12-35)32-19-33(24(3)17-30(32)36)41-27-18-25-10-13-37-34(25)38-22-27/h4-5,7-8,10,13,17-19,22-23,26,31H,6,9,11-12,14-16,20-21H2,1-3H3,(H,37,38). The third-order valence-electron chi connectivity index (χ3n) is 10.1. The number of pyridine rings is 1. The molecule has 214 valence electrons. The normalized spacial score (nSPS) is 21.2. The molecule has 2 aliphatic heterocycles. The SMILES string of the molecule is Cc1cc(F)c(N2CCC3(CC2)CC(N2CCCC2c2ccccc2C(C)C)C3)cc1Oc1cnc2[nH]ccc2c1. The van der Waals surface area contributed by atoms with Gasteiger partial charge in [-0.1, -0.05) is 38.1 Å². The van der Waals surface area contributed by atoms with Crippen LogP contribution in [0.1, 0.15) is 81.0 Å². The van der Waals surface area contributed by atoms with Crippen molar-refractivity contribution in [1.82, 2.24) is 14.9 Å². The molecule has 2 aromatic carbocycles. The van der Waals surface area contributed by atoms with Gasteiger partial charge in [0.2, 0.25) is 0 Å². The van der Waals surface area contributed by atoms with Crippen molar-refractivity contribution in [2.45, 2.75) is 77.3 Å². The molecule has 6 heteroatoms. The van der Waals surface area contributed by atoms with E-state index < -0.39 is 0 Å². The van der Waals surface area contributed by atoms with Gasteiger partial charge >= 0.3 is 0 Å². The zero-order valence-electron chi connectivity index (χ0n) is 24.5. The van der Waals surface area contributed by atoms with Gasteiger partial charge in [0.15, 0.2) is 0 Å². The molecule has 1 unspecified atom stereocenters. The Labute approximate surface area is 242 Å². The summed E-state index contributed by atoms with van der Waals surface area (Å²) in [6.07, 6.45) is 11.0. The lowest BCUT2D eigenvalue weighted by atomic mass is 9.59. The summed E-state index contributed by atoms with van der Waals surface area (Å²) in [7, 11) is 0. The Hall–Kier alpha value is -3.38. The van der Waals surface area contributed by atoms with Crippen LogP contribution in [0.5, 0.6) is 11.5 Å². The number of hydrogen-bond donors (Lipinski definition) is 1. The van der Waals surface area contributed by atoms with Crippen LogP contribution in [0.4, 0.5) is 10.1 Å². The van der Waals surface area contributed by atoms with Gasteiger partial charge in [0.25, 0.3) is 0 Å². The number of likely N-dealkylation sites (tertiary alicyclic amines) is 1. The van der Waals surface area contributed by atoms with E-state index in [1.165, 1.54) is 37.8 Å². The molecule has 7 rings (SSSR count). The summed E-state index contributed by atoms with van der Waals surface area (Å²) in [5.74, 6) is 1.73. The summed E-state index contributed by atoms with van der Waals surface area (Å²) in [5.41, 5.74) is 5.73. The fourth-order valence-corrected chi connectivity index (χ4v) is 7.80. The molecular formula is C35H41FN4O.